The summed E-state index contributed by atoms with van der Waals surface area (Å²) in [5.74, 6) is 1.21. The molecule has 12 heteroatoms. The number of carbonyl (C=O) groups is 1. The molecule has 0 amide bonds. The van der Waals surface area contributed by atoms with E-state index in [-0.39, 0.29) is 29.6 Å². The van der Waals surface area contributed by atoms with Gasteiger partial charge in [0, 0.05) is 31.6 Å². The SMILES string of the molecule is O=C(CNC1CCC(O)CC1)CC1CCC(Oc2cc(-n3c(C(F)F)nc4ccccc43)nc(N3CCOCC3)n2)CC1. The monoisotopic (exact) mass is 598 g/mol. The molecule has 1 saturated heterocycles. The summed E-state index contributed by atoms with van der Waals surface area (Å²) >= 11 is 0. The number of alkyl halides is 2. The zero-order valence-electron chi connectivity index (χ0n) is 24.3. The number of benzene rings is 1. The predicted octanol–water partition coefficient (Wildman–Crippen LogP) is 4.38. The summed E-state index contributed by atoms with van der Waals surface area (Å²) in [6.07, 6.45) is 4.21. The van der Waals surface area contributed by atoms with Gasteiger partial charge < -0.3 is 24.8 Å². The summed E-state index contributed by atoms with van der Waals surface area (Å²) in [5, 5.41) is 13.1. The molecule has 6 rings (SSSR count). The predicted molar refractivity (Wildman–Crippen MR) is 157 cm³/mol. The standard InChI is InChI=1S/C31H40F2N6O4/c32-29(33)30-35-25-3-1-2-4-26(25)39(30)27-18-28(37-31(36-27)38-13-15-42-16-14-38)43-24-11-5-20(6-12-24)17-23(41)19-34-21-7-9-22(40)10-8-21/h1-4,18,20-22,24,29,34,40H,5-17,19H2. The lowest BCUT2D eigenvalue weighted by atomic mass is 9.84. The average molecular weight is 599 g/mol. The molecule has 1 aromatic carbocycles. The van der Waals surface area contributed by atoms with Crippen LogP contribution in [0.5, 0.6) is 5.88 Å². The van der Waals surface area contributed by atoms with Crippen LogP contribution in [0.25, 0.3) is 16.9 Å². The first-order valence-electron chi connectivity index (χ1n) is 15.5. The molecule has 2 saturated carbocycles. The van der Waals surface area contributed by atoms with Gasteiger partial charge in [0.15, 0.2) is 5.82 Å². The molecule has 2 aliphatic carbocycles. The second-order valence-corrected chi connectivity index (χ2v) is 11.9. The first-order valence-corrected chi connectivity index (χ1v) is 15.5. The molecule has 232 valence electrons. The van der Waals surface area contributed by atoms with Gasteiger partial charge in [0.05, 0.1) is 36.9 Å². The number of aromatic nitrogens is 4. The maximum atomic E-state index is 14.1. The van der Waals surface area contributed by atoms with Gasteiger partial charge in [0.1, 0.15) is 17.7 Å². The van der Waals surface area contributed by atoms with Gasteiger partial charge in [0.25, 0.3) is 6.43 Å². The highest BCUT2D eigenvalue weighted by Crippen LogP contribution is 2.32. The number of imidazole rings is 1. The zero-order chi connectivity index (χ0) is 29.8. The smallest absolute Gasteiger partial charge is 0.296 e. The van der Waals surface area contributed by atoms with Crippen LogP contribution in [0.4, 0.5) is 14.7 Å². The van der Waals surface area contributed by atoms with Crippen molar-refractivity contribution >= 4 is 22.8 Å². The van der Waals surface area contributed by atoms with Crippen LogP contribution in [0.2, 0.25) is 0 Å². The van der Waals surface area contributed by atoms with Crippen LogP contribution in [0, 0.1) is 5.92 Å². The zero-order valence-corrected chi connectivity index (χ0v) is 24.3. The number of anilines is 1. The highest BCUT2D eigenvalue weighted by atomic mass is 19.3. The highest BCUT2D eigenvalue weighted by molar-refractivity contribution is 5.80. The quantitative estimate of drug-likeness (QED) is 0.351. The molecular weight excluding hydrogens is 558 g/mol. The average Bonchev–Trinajstić information content (AvgIpc) is 3.42. The maximum absolute atomic E-state index is 14.1. The Kier molecular flexibility index (Phi) is 9.44. The number of halogens is 2. The summed E-state index contributed by atoms with van der Waals surface area (Å²) in [4.78, 5) is 28.2. The van der Waals surface area contributed by atoms with E-state index in [0.29, 0.717) is 74.1 Å². The van der Waals surface area contributed by atoms with Gasteiger partial charge in [0.2, 0.25) is 11.8 Å². The molecule has 3 aliphatic rings. The number of nitrogens with zero attached hydrogens (tertiary/aromatic N) is 5. The Balaban J connectivity index is 1.13. The van der Waals surface area contributed by atoms with E-state index in [1.54, 1.807) is 30.3 Å². The Labute approximate surface area is 249 Å². The molecule has 0 atom stereocenters. The Hall–Kier alpha value is -3.22. The molecule has 1 aliphatic heterocycles. The van der Waals surface area contributed by atoms with Crippen LogP contribution >= 0.6 is 0 Å². The van der Waals surface area contributed by atoms with Crippen LogP contribution in [0.15, 0.2) is 30.3 Å². The third kappa shape index (κ3) is 7.30. The van der Waals surface area contributed by atoms with Gasteiger partial charge in [-0.1, -0.05) is 12.1 Å². The van der Waals surface area contributed by atoms with Gasteiger partial charge >= 0.3 is 0 Å². The van der Waals surface area contributed by atoms with Crippen LogP contribution in [0.1, 0.15) is 70.0 Å². The minimum atomic E-state index is -2.79. The molecule has 2 N–H and O–H groups in total. The molecule has 3 heterocycles. The lowest BCUT2D eigenvalue weighted by Gasteiger charge is -2.30. The first kappa shape index (κ1) is 29.8. The number of nitrogens with one attached hydrogen (secondary N) is 1. The van der Waals surface area contributed by atoms with Crippen molar-refractivity contribution in [3.63, 3.8) is 0 Å². The maximum Gasteiger partial charge on any atom is 0.296 e. The molecule has 0 unspecified atom stereocenters. The van der Waals surface area contributed by atoms with E-state index in [4.69, 9.17) is 19.4 Å². The number of aliphatic hydroxyl groups excluding tert-OH is 1. The fourth-order valence-electron chi connectivity index (χ4n) is 6.47. The molecule has 0 spiro atoms. The van der Waals surface area contributed by atoms with Crippen molar-refractivity contribution in [2.24, 2.45) is 5.92 Å². The van der Waals surface area contributed by atoms with Crippen molar-refractivity contribution in [3.8, 4) is 11.7 Å². The fraction of sp³-hybridized carbons (Fsp3) is 0.613. The molecule has 3 aromatic rings. The van der Waals surface area contributed by atoms with Crippen molar-refractivity contribution in [2.45, 2.75) is 82.5 Å². The number of ketones is 1. The number of rotatable bonds is 10. The minimum absolute atomic E-state index is 0.0902. The number of fused-ring (bicyclic) bond motifs is 1. The van der Waals surface area contributed by atoms with Gasteiger partial charge in [-0.15, -0.1) is 0 Å². The Morgan fingerprint density at radius 2 is 1.77 bits per heavy atom. The number of hydrogen-bond donors (Lipinski definition) is 2. The summed E-state index contributed by atoms with van der Waals surface area (Å²) in [5.41, 5.74) is 1.00. The van der Waals surface area contributed by atoms with E-state index < -0.39 is 6.43 Å². The van der Waals surface area contributed by atoms with Crippen LogP contribution in [-0.2, 0) is 9.53 Å². The van der Waals surface area contributed by atoms with Crippen LogP contribution < -0.4 is 15.0 Å². The summed E-state index contributed by atoms with van der Waals surface area (Å²) < 4.78 is 41.5. The largest absolute Gasteiger partial charge is 0.474 e. The number of ether oxygens (including phenoxy) is 2. The number of morpholine rings is 1. The summed E-state index contributed by atoms with van der Waals surface area (Å²) in [6, 6.07) is 8.95. The van der Waals surface area contributed by atoms with Gasteiger partial charge in [-0.25, -0.2) is 13.8 Å². The first-order chi connectivity index (χ1) is 20.9. The summed E-state index contributed by atoms with van der Waals surface area (Å²) in [6.45, 7) is 2.62. The van der Waals surface area contributed by atoms with Crippen molar-refractivity contribution in [1.82, 2.24) is 24.8 Å². The molecule has 0 bridgehead atoms. The Bertz CT molecular complexity index is 1380. The molecule has 3 fully saturated rings. The lowest BCUT2D eigenvalue weighted by molar-refractivity contribution is -0.119. The number of Topliss-reactive ketones (excluding diaryl/α,β-unsaturated/α-hetero) is 1. The van der Waals surface area contributed by atoms with Crippen molar-refractivity contribution in [3.05, 3.63) is 36.2 Å². The second-order valence-electron chi connectivity index (χ2n) is 11.9. The second kappa shape index (κ2) is 13.6. The van der Waals surface area contributed by atoms with Crippen molar-refractivity contribution in [2.75, 3.05) is 37.7 Å². The van der Waals surface area contributed by atoms with Crippen molar-refractivity contribution < 1.29 is 28.2 Å². The van der Waals surface area contributed by atoms with E-state index in [9.17, 15) is 18.7 Å². The highest BCUT2D eigenvalue weighted by Gasteiger charge is 2.28. The Morgan fingerprint density at radius 1 is 1.02 bits per heavy atom. The number of carbonyl (C=O) groups excluding carboxylic acids is 1. The fourth-order valence-corrected chi connectivity index (χ4v) is 6.47. The molecule has 0 radical (unpaired) electrons. The number of para-hydroxylation sites is 2. The van der Waals surface area contributed by atoms with Crippen LogP contribution in [-0.4, -0.2) is 81.5 Å². The molecule has 10 nitrogen and oxygen atoms in total. The molecule has 2 aromatic heterocycles. The van der Waals surface area contributed by atoms with E-state index in [1.807, 2.05) is 4.90 Å². The minimum Gasteiger partial charge on any atom is -0.474 e. The third-order valence-corrected chi connectivity index (χ3v) is 8.86. The number of hydrogen-bond acceptors (Lipinski definition) is 9. The molecule has 43 heavy (non-hydrogen) atoms. The van der Waals surface area contributed by atoms with E-state index in [2.05, 4.69) is 10.3 Å². The van der Waals surface area contributed by atoms with Crippen molar-refractivity contribution in [1.29, 1.82) is 0 Å². The van der Waals surface area contributed by atoms with E-state index >= 15 is 0 Å². The molecular formula is C31H40F2N6O4. The number of aliphatic hydroxyl groups is 1. The summed E-state index contributed by atoms with van der Waals surface area (Å²) in [7, 11) is 0. The van der Waals surface area contributed by atoms with E-state index in [0.717, 1.165) is 51.4 Å². The van der Waals surface area contributed by atoms with Gasteiger partial charge in [-0.2, -0.15) is 9.97 Å². The van der Waals surface area contributed by atoms with Crippen LogP contribution in [0.3, 0.4) is 0 Å². The lowest BCUT2D eigenvalue weighted by Crippen LogP contribution is -2.38. The topological polar surface area (TPSA) is 115 Å². The van der Waals surface area contributed by atoms with E-state index in [1.165, 1.54) is 4.57 Å². The Morgan fingerprint density at radius 3 is 2.51 bits per heavy atom. The normalized spacial score (nSPS) is 24.9. The third-order valence-electron chi connectivity index (χ3n) is 8.86. The van der Waals surface area contributed by atoms with Gasteiger partial charge in [-0.05, 0) is 69.4 Å². The van der Waals surface area contributed by atoms with Gasteiger partial charge in [-0.3, -0.25) is 9.36 Å².